The third-order valence-corrected chi connectivity index (χ3v) is 5.01. The minimum absolute atomic E-state index is 0.0940. The standard InChI is InChI=1S/C22H26N2O2/c1-3-9-18(10-4-1)16-25-17-26-22-14-8-7-13-20(22)23-24-15-21(24)19-11-5-2-6-12-19/h1-6,9-12,21-22H,7-8,13-17H2/b23-20-. The zero-order valence-corrected chi connectivity index (χ0v) is 15.1. The highest BCUT2D eigenvalue weighted by Gasteiger charge is 2.36. The van der Waals surface area contributed by atoms with Crippen LogP contribution in [0.1, 0.15) is 42.9 Å². The molecule has 1 saturated carbocycles. The van der Waals surface area contributed by atoms with Gasteiger partial charge >= 0.3 is 0 Å². The normalized spacial score (nSPS) is 24.0. The first-order valence-corrected chi connectivity index (χ1v) is 9.52. The van der Waals surface area contributed by atoms with Gasteiger partial charge in [-0.05, 0) is 30.4 Å². The first-order valence-electron chi connectivity index (χ1n) is 9.52. The fourth-order valence-corrected chi connectivity index (χ4v) is 3.48. The maximum Gasteiger partial charge on any atom is 0.148 e. The van der Waals surface area contributed by atoms with Gasteiger partial charge in [-0.2, -0.15) is 5.10 Å². The van der Waals surface area contributed by atoms with Gasteiger partial charge in [0.2, 0.25) is 0 Å². The molecule has 4 nitrogen and oxygen atoms in total. The van der Waals surface area contributed by atoms with Gasteiger partial charge in [0, 0.05) is 0 Å². The Labute approximate surface area is 155 Å². The summed E-state index contributed by atoms with van der Waals surface area (Å²) in [4.78, 5) is 0. The second-order valence-corrected chi connectivity index (χ2v) is 6.99. The molecular formula is C22H26N2O2. The topological polar surface area (TPSA) is 33.8 Å². The van der Waals surface area contributed by atoms with Gasteiger partial charge in [-0.15, -0.1) is 0 Å². The fraction of sp³-hybridized carbons (Fsp3) is 0.409. The molecule has 2 atom stereocenters. The van der Waals surface area contributed by atoms with Crippen LogP contribution >= 0.6 is 0 Å². The lowest BCUT2D eigenvalue weighted by Crippen LogP contribution is -2.29. The van der Waals surface area contributed by atoms with Gasteiger partial charge in [0.15, 0.2) is 0 Å². The summed E-state index contributed by atoms with van der Waals surface area (Å²) in [5, 5.41) is 7.07. The van der Waals surface area contributed by atoms with Crippen molar-refractivity contribution in [1.82, 2.24) is 5.01 Å². The number of benzene rings is 2. The van der Waals surface area contributed by atoms with Crippen molar-refractivity contribution in [3.8, 4) is 0 Å². The van der Waals surface area contributed by atoms with E-state index in [1.807, 2.05) is 18.2 Å². The van der Waals surface area contributed by atoms with Crippen molar-refractivity contribution in [2.75, 3.05) is 13.3 Å². The number of hydrogen-bond donors (Lipinski definition) is 0. The zero-order chi connectivity index (χ0) is 17.6. The highest BCUT2D eigenvalue weighted by molar-refractivity contribution is 5.89. The number of hydrazone groups is 1. The highest BCUT2D eigenvalue weighted by atomic mass is 16.7. The summed E-state index contributed by atoms with van der Waals surface area (Å²) in [5.41, 5.74) is 3.69. The average molecular weight is 350 g/mol. The van der Waals surface area contributed by atoms with E-state index in [0.717, 1.165) is 19.4 Å². The Kier molecular flexibility index (Phi) is 5.62. The van der Waals surface area contributed by atoms with Crippen molar-refractivity contribution >= 4 is 5.71 Å². The molecule has 1 aliphatic heterocycles. The van der Waals surface area contributed by atoms with Crippen molar-refractivity contribution in [2.45, 2.75) is 44.4 Å². The molecule has 0 radical (unpaired) electrons. The lowest BCUT2D eigenvalue weighted by atomic mass is 9.95. The highest BCUT2D eigenvalue weighted by Crippen LogP contribution is 2.35. The molecular weight excluding hydrogens is 324 g/mol. The Balaban J connectivity index is 1.28. The molecule has 1 saturated heterocycles. The van der Waals surface area contributed by atoms with Crippen LogP contribution in [0.4, 0.5) is 0 Å². The Bertz CT molecular complexity index is 717. The van der Waals surface area contributed by atoms with E-state index in [-0.39, 0.29) is 6.10 Å². The quantitative estimate of drug-likeness (QED) is 0.418. The van der Waals surface area contributed by atoms with Crippen LogP contribution < -0.4 is 0 Å². The van der Waals surface area contributed by atoms with Gasteiger partial charge in [-0.25, -0.2) is 0 Å². The predicted molar refractivity (Wildman–Crippen MR) is 103 cm³/mol. The molecule has 2 aliphatic rings. The van der Waals surface area contributed by atoms with E-state index in [1.165, 1.54) is 29.7 Å². The monoisotopic (exact) mass is 350 g/mol. The molecule has 2 unspecified atom stereocenters. The summed E-state index contributed by atoms with van der Waals surface area (Å²) >= 11 is 0. The maximum absolute atomic E-state index is 6.01. The molecule has 136 valence electrons. The molecule has 1 aliphatic carbocycles. The van der Waals surface area contributed by atoms with Crippen molar-refractivity contribution in [2.24, 2.45) is 5.10 Å². The Hall–Kier alpha value is -2.17. The van der Waals surface area contributed by atoms with Crippen LogP contribution in [0.25, 0.3) is 0 Å². The van der Waals surface area contributed by atoms with Crippen molar-refractivity contribution in [3.05, 3.63) is 71.8 Å². The van der Waals surface area contributed by atoms with E-state index in [9.17, 15) is 0 Å². The van der Waals surface area contributed by atoms with Crippen molar-refractivity contribution in [1.29, 1.82) is 0 Å². The van der Waals surface area contributed by atoms with E-state index < -0.39 is 0 Å². The summed E-state index contributed by atoms with van der Waals surface area (Å²) in [5.74, 6) is 0. The predicted octanol–water partition coefficient (Wildman–Crippen LogP) is 4.53. The minimum atomic E-state index is 0.0940. The minimum Gasteiger partial charge on any atom is -0.351 e. The molecule has 2 aromatic carbocycles. The van der Waals surface area contributed by atoms with Gasteiger partial charge in [-0.1, -0.05) is 67.1 Å². The van der Waals surface area contributed by atoms with Gasteiger partial charge in [0.25, 0.3) is 0 Å². The molecule has 26 heavy (non-hydrogen) atoms. The number of ether oxygens (including phenoxy) is 2. The molecule has 0 aromatic heterocycles. The van der Waals surface area contributed by atoms with Crippen LogP contribution in [0.2, 0.25) is 0 Å². The molecule has 0 spiro atoms. The first kappa shape index (κ1) is 17.3. The smallest absolute Gasteiger partial charge is 0.148 e. The molecule has 4 rings (SSSR count). The van der Waals surface area contributed by atoms with Gasteiger partial charge in [-0.3, -0.25) is 5.01 Å². The van der Waals surface area contributed by atoms with E-state index >= 15 is 0 Å². The van der Waals surface area contributed by atoms with E-state index in [2.05, 4.69) is 47.5 Å². The Morgan fingerprint density at radius 1 is 0.962 bits per heavy atom. The van der Waals surface area contributed by atoms with E-state index in [1.54, 1.807) is 0 Å². The molecule has 1 heterocycles. The molecule has 4 heteroatoms. The summed E-state index contributed by atoms with van der Waals surface area (Å²) in [7, 11) is 0. The third kappa shape index (κ3) is 4.51. The van der Waals surface area contributed by atoms with Crippen LogP contribution in [0.15, 0.2) is 65.8 Å². The first-order chi connectivity index (χ1) is 12.9. The van der Waals surface area contributed by atoms with Crippen LogP contribution in [-0.2, 0) is 16.1 Å². The molecule has 0 N–H and O–H groups in total. The lowest BCUT2D eigenvalue weighted by molar-refractivity contribution is -0.0809. The SMILES string of the molecule is c1ccc(COCOC2CCCC/C2=N/N2CC2c2ccccc2)cc1. The molecule has 2 fully saturated rings. The number of rotatable bonds is 7. The van der Waals surface area contributed by atoms with Gasteiger partial charge in [0.05, 0.1) is 24.9 Å². The Morgan fingerprint density at radius 3 is 2.54 bits per heavy atom. The summed E-state index contributed by atoms with van der Waals surface area (Å²) < 4.78 is 11.7. The summed E-state index contributed by atoms with van der Waals surface area (Å²) in [6, 6.07) is 21.2. The van der Waals surface area contributed by atoms with Crippen LogP contribution in [0.5, 0.6) is 0 Å². The second-order valence-electron chi connectivity index (χ2n) is 6.99. The number of hydrogen-bond acceptors (Lipinski definition) is 4. The van der Waals surface area contributed by atoms with E-state index in [0.29, 0.717) is 19.4 Å². The Morgan fingerprint density at radius 2 is 1.73 bits per heavy atom. The van der Waals surface area contributed by atoms with Gasteiger partial charge in [0.1, 0.15) is 12.9 Å². The van der Waals surface area contributed by atoms with Gasteiger partial charge < -0.3 is 9.47 Å². The fourth-order valence-electron chi connectivity index (χ4n) is 3.48. The van der Waals surface area contributed by atoms with Crippen molar-refractivity contribution < 1.29 is 9.47 Å². The molecule has 0 bridgehead atoms. The number of nitrogens with zero attached hydrogens (tertiary/aromatic N) is 2. The van der Waals surface area contributed by atoms with Crippen LogP contribution in [0, 0.1) is 0 Å². The third-order valence-electron chi connectivity index (χ3n) is 5.01. The van der Waals surface area contributed by atoms with Crippen LogP contribution in [0.3, 0.4) is 0 Å². The average Bonchev–Trinajstić information content (AvgIpc) is 3.47. The molecule has 0 amide bonds. The second kappa shape index (κ2) is 8.47. The zero-order valence-electron chi connectivity index (χ0n) is 15.1. The van der Waals surface area contributed by atoms with Crippen LogP contribution in [-0.4, -0.2) is 30.2 Å². The molecule has 2 aromatic rings. The van der Waals surface area contributed by atoms with E-state index in [4.69, 9.17) is 14.6 Å². The maximum atomic E-state index is 6.01. The summed E-state index contributed by atoms with van der Waals surface area (Å²) in [6.45, 7) is 1.91. The largest absolute Gasteiger partial charge is 0.351 e. The summed E-state index contributed by atoms with van der Waals surface area (Å²) in [6.07, 6.45) is 4.56. The van der Waals surface area contributed by atoms with Crippen molar-refractivity contribution in [3.63, 3.8) is 0 Å². The lowest BCUT2D eigenvalue weighted by Gasteiger charge is -2.24.